The molecule has 0 saturated heterocycles. The van der Waals surface area contributed by atoms with Crippen molar-refractivity contribution in [1.29, 1.82) is 0 Å². The van der Waals surface area contributed by atoms with Gasteiger partial charge in [0.1, 0.15) is 0 Å². The SMILES string of the molecule is COC(=O)c1cccc(CP(Br)(c2ccccc2)(c2ccccc2)c2ccccc2)c1Br. The van der Waals surface area contributed by atoms with Gasteiger partial charge in [0.05, 0.1) is 0 Å². The molecule has 0 aliphatic carbocycles. The number of carbonyl (C=O) groups is 1. The van der Waals surface area contributed by atoms with Gasteiger partial charge in [-0.2, -0.15) is 0 Å². The molecule has 0 aliphatic heterocycles. The van der Waals surface area contributed by atoms with E-state index in [1.807, 2.05) is 24.3 Å². The summed E-state index contributed by atoms with van der Waals surface area (Å²) < 4.78 is 5.78. The van der Waals surface area contributed by atoms with Crippen molar-refractivity contribution in [2.24, 2.45) is 0 Å². The summed E-state index contributed by atoms with van der Waals surface area (Å²) >= 11 is 8.18. The molecule has 32 heavy (non-hydrogen) atoms. The molecule has 0 aromatic heterocycles. The van der Waals surface area contributed by atoms with E-state index >= 15 is 0 Å². The Morgan fingerprint density at radius 2 is 1.16 bits per heavy atom. The van der Waals surface area contributed by atoms with Gasteiger partial charge in [-0.3, -0.25) is 0 Å². The Hall–Kier alpha value is -2.26. The van der Waals surface area contributed by atoms with Crippen molar-refractivity contribution in [3.05, 3.63) is 125 Å². The molecule has 162 valence electrons. The zero-order chi connectivity index (χ0) is 22.6. The van der Waals surface area contributed by atoms with Gasteiger partial charge in [0.25, 0.3) is 0 Å². The number of hydrogen-bond acceptors (Lipinski definition) is 2. The molecule has 0 saturated carbocycles. The van der Waals surface area contributed by atoms with Crippen LogP contribution in [0.1, 0.15) is 15.9 Å². The fourth-order valence-electron chi connectivity index (χ4n) is 4.23. The molecule has 0 amide bonds. The van der Waals surface area contributed by atoms with E-state index < -0.39 is 5.31 Å². The summed E-state index contributed by atoms with van der Waals surface area (Å²) in [5.74, 6) is -0.354. The van der Waals surface area contributed by atoms with E-state index in [1.165, 1.54) is 23.0 Å². The van der Waals surface area contributed by atoms with Gasteiger partial charge in [0.15, 0.2) is 0 Å². The number of benzene rings is 4. The molecule has 2 nitrogen and oxygen atoms in total. The van der Waals surface area contributed by atoms with Crippen LogP contribution in [0.4, 0.5) is 0 Å². The van der Waals surface area contributed by atoms with Crippen LogP contribution in [0.3, 0.4) is 0 Å². The van der Waals surface area contributed by atoms with Gasteiger partial charge in [-0.25, -0.2) is 0 Å². The first kappa shape index (κ1) is 22.9. The van der Waals surface area contributed by atoms with Crippen molar-refractivity contribution >= 4 is 58.6 Å². The summed E-state index contributed by atoms with van der Waals surface area (Å²) in [5.41, 5.74) is 1.57. The van der Waals surface area contributed by atoms with Crippen LogP contribution >= 0.6 is 36.7 Å². The van der Waals surface area contributed by atoms with Crippen LogP contribution in [-0.2, 0) is 10.9 Å². The molecule has 0 radical (unpaired) electrons. The summed E-state index contributed by atoms with van der Waals surface area (Å²) in [5, 5.41) is 0.530. The third-order valence-corrected chi connectivity index (χ3v) is 16.3. The number of methoxy groups -OCH3 is 1. The maximum absolute atomic E-state index is 12.4. The molecule has 0 N–H and O–H groups in total. The van der Waals surface area contributed by atoms with E-state index in [9.17, 15) is 4.79 Å². The molecule has 0 heterocycles. The number of ether oxygens (including phenoxy) is 1. The van der Waals surface area contributed by atoms with Crippen molar-refractivity contribution < 1.29 is 9.53 Å². The summed E-state index contributed by atoms with van der Waals surface area (Å²) in [6.45, 7) is 0. The molecule has 4 aromatic rings. The predicted molar refractivity (Wildman–Crippen MR) is 143 cm³/mol. The Morgan fingerprint density at radius 1 is 0.719 bits per heavy atom. The van der Waals surface area contributed by atoms with E-state index in [1.54, 1.807) is 6.07 Å². The monoisotopic (exact) mass is 568 g/mol. The molecular formula is C27H23Br2O2P. The first-order chi connectivity index (χ1) is 15.5. The Kier molecular flexibility index (Phi) is 6.67. The van der Waals surface area contributed by atoms with E-state index in [-0.39, 0.29) is 5.97 Å². The predicted octanol–water partition coefficient (Wildman–Crippen LogP) is 6.58. The van der Waals surface area contributed by atoms with Crippen LogP contribution in [-0.4, -0.2) is 13.1 Å². The van der Waals surface area contributed by atoms with Crippen molar-refractivity contribution in [2.75, 3.05) is 7.11 Å². The normalized spacial score (nSPS) is 12.5. The number of carbonyl (C=O) groups excluding carboxylic acids is 1. The second kappa shape index (κ2) is 9.31. The second-order valence-electron chi connectivity index (χ2n) is 7.62. The van der Waals surface area contributed by atoms with Crippen molar-refractivity contribution in [1.82, 2.24) is 0 Å². The number of esters is 1. The van der Waals surface area contributed by atoms with Gasteiger partial charge in [0, 0.05) is 0 Å². The second-order valence-corrected chi connectivity index (χ2v) is 17.3. The van der Waals surface area contributed by atoms with Crippen LogP contribution in [0.25, 0.3) is 0 Å². The summed E-state index contributed by atoms with van der Waals surface area (Å²) in [6.07, 6.45) is 0.690. The summed E-state index contributed by atoms with van der Waals surface area (Å²) in [7, 11) is 1.41. The third kappa shape index (κ3) is 3.85. The van der Waals surface area contributed by atoms with Gasteiger partial charge in [-0.05, 0) is 0 Å². The number of halogens is 2. The van der Waals surface area contributed by atoms with E-state index in [0.29, 0.717) is 11.7 Å². The van der Waals surface area contributed by atoms with Crippen LogP contribution in [0.2, 0.25) is 0 Å². The molecule has 0 atom stereocenters. The minimum atomic E-state index is -3.15. The van der Waals surface area contributed by atoms with Crippen molar-refractivity contribution in [3.63, 3.8) is 0 Å². The summed E-state index contributed by atoms with van der Waals surface area (Å²) in [4.78, 5) is 12.4. The van der Waals surface area contributed by atoms with Gasteiger partial charge in [-0.1, -0.05) is 0 Å². The van der Waals surface area contributed by atoms with Gasteiger partial charge in [0.2, 0.25) is 0 Å². The zero-order valence-electron chi connectivity index (χ0n) is 17.6. The quantitative estimate of drug-likeness (QED) is 0.194. The van der Waals surface area contributed by atoms with Gasteiger partial charge < -0.3 is 0 Å². The molecule has 5 heteroatoms. The fourth-order valence-corrected chi connectivity index (χ4v) is 12.7. The third-order valence-electron chi connectivity index (χ3n) is 5.83. The zero-order valence-corrected chi connectivity index (χ0v) is 21.7. The van der Waals surface area contributed by atoms with Crippen LogP contribution in [0, 0.1) is 0 Å². The van der Waals surface area contributed by atoms with E-state index in [4.69, 9.17) is 4.74 Å². The standard InChI is InChI=1S/C27H23Br2O2P/c1-31-27(30)25-19-11-12-21(26(25)28)20-32(29,22-13-5-2-6-14-22,23-15-7-3-8-16-23)24-17-9-4-10-18-24/h2-19H,20H2,1H3. The molecule has 0 aliphatic rings. The fraction of sp³-hybridized carbons (Fsp3) is 0.0741. The van der Waals surface area contributed by atoms with E-state index in [2.05, 4.69) is 110 Å². The maximum atomic E-state index is 12.4. The van der Waals surface area contributed by atoms with Crippen molar-refractivity contribution in [2.45, 2.75) is 6.16 Å². The molecule has 0 fully saturated rings. The topological polar surface area (TPSA) is 26.3 Å². The average Bonchev–Trinajstić information content (AvgIpc) is 2.86. The molecular weight excluding hydrogens is 547 g/mol. The molecule has 4 aromatic carbocycles. The minimum absolute atomic E-state index is 0.354. The Labute approximate surface area is 205 Å². The van der Waals surface area contributed by atoms with Crippen LogP contribution in [0.5, 0.6) is 0 Å². The Morgan fingerprint density at radius 3 is 1.56 bits per heavy atom. The molecule has 0 unspecified atom stereocenters. The molecule has 0 bridgehead atoms. The molecule has 0 spiro atoms. The average molecular weight is 570 g/mol. The first-order valence-corrected chi connectivity index (χ1v) is 15.5. The van der Waals surface area contributed by atoms with Gasteiger partial charge in [-0.15, -0.1) is 0 Å². The number of hydrogen-bond donors (Lipinski definition) is 0. The van der Waals surface area contributed by atoms with Gasteiger partial charge >= 0.3 is 206 Å². The Bertz CT molecular complexity index is 1130. The Balaban J connectivity index is 2.07. The number of rotatable bonds is 6. The van der Waals surface area contributed by atoms with Crippen molar-refractivity contribution in [3.8, 4) is 0 Å². The first-order valence-electron chi connectivity index (χ1n) is 10.2. The van der Waals surface area contributed by atoms with Crippen LogP contribution < -0.4 is 15.9 Å². The van der Waals surface area contributed by atoms with E-state index in [0.717, 1.165) is 10.0 Å². The molecule has 4 rings (SSSR count). The van der Waals surface area contributed by atoms with Crippen LogP contribution in [0.15, 0.2) is 114 Å². The summed E-state index contributed by atoms with van der Waals surface area (Å²) in [6, 6.07) is 37.6.